The number of nitrogens with zero attached hydrogens (tertiary/aromatic N) is 2. The van der Waals surface area contributed by atoms with Gasteiger partial charge in [-0.05, 0) is 31.9 Å². The molecule has 0 saturated carbocycles. The zero-order chi connectivity index (χ0) is 19.4. The molecule has 1 unspecified atom stereocenters. The predicted molar refractivity (Wildman–Crippen MR) is 104 cm³/mol. The second-order valence-corrected chi connectivity index (χ2v) is 7.86. The Morgan fingerprint density at radius 2 is 1.88 bits per heavy atom. The molecule has 140 valence electrons. The average Bonchev–Trinajstić information content (AvgIpc) is 3.00. The molecule has 2 rings (SSSR count). The topological polar surface area (TPSA) is 70.5 Å². The second kappa shape index (κ2) is 8.45. The predicted octanol–water partition coefficient (Wildman–Crippen LogP) is 4.43. The molecule has 1 heterocycles. The second-order valence-electron chi connectivity index (χ2n) is 6.80. The highest BCUT2D eigenvalue weighted by atomic mass is 32.1. The number of benzene rings is 1. The van der Waals surface area contributed by atoms with Crippen LogP contribution in [0.25, 0.3) is 0 Å². The Bertz CT molecular complexity index is 798. The van der Waals surface area contributed by atoms with Crippen LogP contribution in [0.3, 0.4) is 0 Å². The minimum absolute atomic E-state index is 0.00316. The number of carboxylic acids is 1. The molecule has 0 fully saturated rings. The molecule has 1 aromatic carbocycles. The third kappa shape index (κ3) is 4.49. The summed E-state index contributed by atoms with van der Waals surface area (Å²) in [4.78, 5) is 31.4. The fourth-order valence-electron chi connectivity index (χ4n) is 2.82. The summed E-state index contributed by atoms with van der Waals surface area (Å²) in [6, 6.07) is 6.78. The van der Waals surface area contributed by atoms with Crippen LogP contribution in [0.5, 0.6) is 0 Å². The minimum Gasteiger partial charge on any atom is -0.478 e. The van der Waals surface area contributed by atoms with Gasteiger partial charge >= 0.3 is 5.97 Å². The summed E-state index contributed by atoms with van der Waals surface area (Å²) >= 11 is 1.66. The summed E-state index contributed by atoms with van der Waals surface area (Å²) in [5.41, 5.74) is 1.92. The first-order valence-corrected chi connectivity index (χ1v) is 9.58. The Balaban J connectivity index is 2.07. The van der Waals surface area contributed by atoms with Crippen LogP contribution in [-0.2, 0) is 11.2 Å². The number of aromatic carboxylic acids is 1. The number of rotatable bonds is 7. The summed E-state index contributed by atoms with van der Waals surface area (Å²) in [6.45, 7) is 8.21. The smallest absolute Gasteiger partial charge is 0.335 e. The molecule has 1 atom stereocenters. The van der Waals surface area contributed by atoms with Gasteiger partial charge in [0.2, 0.25) is 5.91 Å². The van der Waals surface area contributed by atoms with Crippen molar-refractivity contribution in [2.24, 2.45) is 0 Å². The van der Waals surface area contributed by atoms with Crippen molar-refractivity contribution in [3.63, 3.8) is 0 Å². The highest BCUT2D eigenvalue weighted by Gasteiger charge is 2.23. The third-order valence-electron chi connectivity index (χ3n) is 4.55. The molecular formula is C20H26N2O3S. The van der Waals surface area contributed by atoms with E-state index in [1.807, 2.05) is 13.8 Å². The van der Waals surface area contributed by atoms with E-state index >= 15 is 0 Å². The van der Waals surface area contributed by atoms with Crippen molar-refractivity contribution in [2.75, 3.05) is 7.05 Å². The number of aromatic nitrogens is 1. The van der Waals surface area contributed by atoms with Crippen LogP contribution in [0.4, 0.5) is 0 Å². The Morgan fingerprint density at radius 1 is 1.23 bits per heavy atom. The van der Waals surface area contributed by atoms with E-state index in [-0.39, 0.29) is 23.9 Å². The first kappa shape index (κ1) is 20.1. The summed E-state index contributed by atoms with van der Waals surface area (Å²) < 4.78 is 0. The molecule has 1 N–H and O–H groups in total. The number of carbonyl (C=O) groups excluding carboxylic acids is 1. The van der Waals surface area contributed by atoms with Gasteiger partial charge in [-0.25, -0.2) is 9.78 Å². The van der Waals surface area contributed by atoms with E-state index in [1.54, 1.807) is 47.5 Å². The molecule has 0 saturated heterocycles. The van der Waals surface area contributed by atoms with Crippen molar-refractivity contribution in [2.45, 2.75) is 52.5 Å². The van der Waals surface area contributed by atoms with Gasteiger partial charge in [0, 0.05) is 24.3 Å². The molecule has 5 nitrogen and oxygen atoms in total. The van der Waals surface area contributed by atoms with Crippen LogP contribution in [0.1, 0.15) is 70.7 Å². The van der Waals surface area contributed by atoms with Crippen molar-refractivity contribution < 1.29 is 14.7 Å². The summed E-state index contributed by atoms with van der Waals surface area (Å²) in [5, 5.41) is 10.3. The molecular weight excluding hydrogens is 348 g/mol. The largest absolute Gasteiger partial charge is 0.478 e. The molecule has 26 heavy (non-hydrogen) atoms. The molecule has 0 aliphatic heterocycles. The Hall–Kier alpha value is -2.21. The van der Waals surface area contributed by atoms with Gasteiger partial charge in [-0.3, -0.25) is 4.79 Å². The monoisotopic (exact) mass is 374 g/mol. The van der Waals surface area contributed by atoms with Gasteiger partial charge in [0.15, 0.2) is 0 Å². The van der Waals surface area contributed by atoms with Gasteiger partial charge in [-0.15, -0.1) is 11.3 Å². The zero-order valence-corrected chi connectivity index (χ0v) is 16.8. The summed E-state index contributed by atoms with van der Waals surface area (Å²) in [6.07, 6.45) is 0.692. The maximum Gasteiger partial charge on any atom is 0.335 e. The summed E-state index contributed by atoms with van der Waals surface area (Å²) in [7, 11) is 1.80. The number of hydrogen-bond acceptors (Lipinski definition) is 4. The van der Waals surface area contributed by atoms with Gasteiger partial charge in [0.25, 0.3) is 0 Å². The molecule has 0 spiro atoms. The van der Waals surface area contributed by atoms with Crippen LogP contribution < -0.4 is 0 Å². The van der Waals surface area contributed by atoms with Crippen molar-refractivity contribution in [3.05, 3.63) is 51.0 Å². The maximum absolute atomic E-state index is 12.6. The molecule has 1 aromatic heterocycles. The van der Waals surface area contributed by atoms with Gasteiger partial charge in [0.1, 0.15) is 0 Å². The Morgan fingerprint density at radius 3 is 2.46 bits per heavy atom. The lowest BCUT2D eigenvalue weighted by Crippen LogP contribution is -2.29. The lowest BCUT2D eigenvalue weighted by atomic mass is 10.0. The van der Waals surface area contributed by atoms with Crippen molar-refractivity contribution in [3.8, 4) is 0 Å². The van der Waals surface area contributed by atoms with Crippen LogP contribution in [0.15, 0.2) is 24.3 Å². The van der Waals surface area contributed by atoms with Crippen LogP contribution in [0.2, 0.25) is 0 Å². The molecule has 0 aliphatic rings. The number of carbonyl (C=O) groups is 2. The first-order valence-electron chi connectivity index (χ1n) is 8.76. The average molecular weight is 375 g/mol. The Labute approximate surface area is 158 Å². The molecule has 2 aromatic rings. The van der Waals surface area contributed by atoms with E-state index in [9.17, 15) is 14.7 Å². The zero-order valence-electron chi connectivity index (χ0n) is 15.9. The van der Waals surface area contributed by atoms with E-state index < -0.39 is 5.97 Å². The molecule has 1 amide bonds. The normalized spacial score (nSPS) is 12.2. The van der Waals surface area contributed by atoms with E-state index in [0.29, 0.717) is 17.9 Å². The van der Waals surface area contributed by atoms with Crippen molar-refractivity contribution >= 4 is 23.2 Å². The quantitative estimate of drug-likeness (QED) is 0.778. The number of amides is 1. The number of thiazole rings is 1. The standard InChI is InChI=1S/C20H26N2O3S/c1-12(2)19-21-13(3)18(26-19)14(4)22(5)17(23)11-10-15-8-6-7-9-16(15)20(24)25/h6-9,12,14H,10-11H2,1-5H3,(H,24,25). The lowest BCUT2D eigenvalue weighted by Gasteiger charge is -2.24. The van der Waals surface area contributed by atoms with Crippen molar-refractivity contribution in [1.29, 1.82) is 0 Å². The molecule has 6 heteroatoms. The van der Waals surface area contributed by atoms with E-state index in [4.69, 9.17) is 0 Å². The fraction of sp³-hybridized carbons (Fsp3) is 0.450. The molecule has 0 bridgehead atoms. The van der Waals surface area contributed by atoms with E-state index in [2.05, 4.69) is 18.8 Å². The van der Waals surface area contributed by atoms with Crippen LogP contribution in [-0.4, -0.2) is 33.9 Å². The minimum atomic E-state index is -0.962. The van der Waals surface area contributed by atoms with Gasteiger partial charge in [-0.1, -0.05) is 32.0 Å². The highest BCUT2D eigenvalue weighted by Crippen LogP contribution is 2.32. The van der Waals surface area contributed by atoms with Crippen LogP contribution in [0, 0.1) is 6.92 Å². The SMILES string of the molecule is Cc1nc(C(C)C)sc1C(C)N(C)C(=O)CCc1ccccc1C(=O)O. The first-order chi connectivity index (χ1) is 12.2. The number of hydrogen-bond donors (Lipinski definition) is 1. The maximum atomic E-state index is 12.6. The highest BCUT2D eigenvalue weighted by molar-refractivity contribution is 7.11. The lowest BCUT2D eigenvalue weighted by molar-refractivity contribution is -0.131. The van der Waals surface area contributed by atoms with Gasteiger partial charge in [-0.2, -0.15) is 0 Å². The third-order valence-corrected chi connectivity index (χ3v) is 6.18. The molecule has 0 radical (unpaired) electrons. The van der Waals surface area contributed by atoms with Crippen LogP contribution >= 0.6 is 11.3 Å². The number of aryl methyl sites for hydroxylation is 2. The number of carboxylic acid groups (broad SMARTS) is 1. The van der Waals surface area contributed by atoms with Gasteiger partial charge in [0.05, 0.1) is 22.3 Å². The van der Waals surface area contributed by atoms with E-state index in [1.165, 1.54) is 0 Å². The summed E-state index contributed by atoms with van der Waals surface area (Å²) in [5.74, 6) is -0.596. The van der Waals surface area contributed by atoms with Gasteiger partial charge < -0.3 is 10.0 Å². The Kier molecular flexibility index (Phi) is 6.53. The van der Waals surface area contributed by atoms with Crippen molar-refractivity contribution in [1.82, 2.24) is 9.88 Å². The fourth-order valence-corrected chi connectivity index (χ4v) is 3.99. The van der Waals surface area contributed by atoms with E-state index in [0.717, 1.165) is 15.6 Å². The molecule has 0 aliphatic carbocycles.